The molecule has 2 fully saturated rings. The second kappa shape index (κ2) is 6.11. The quantitative estimate of drug-likeness (QED) is 0.855. The van der Waals surface area contributed by atoms with Crippen LogP contribution in [0.15, 0.2) is 4.52 Å². The number of amides is 1. The number of hydrogen-bond acceptors (Lipinski definition) is 6. The fourth-order valence-electron chi connectivity index (χ4n) is 2.78. The lowest BCUT2D eigenvalue weighted by Crippen LogP contribution is -2.49. The highest BCUT2D eigenvalue weighted by molar-refractivity contribution is 5.82. The lowest BCUT2D eigenvalue weighted by atomic mass is 9.97. The molecule has 2 heterocycles. The van der Waals surface area contributed by atoms with Gasteiger partial charge in [0.2, 0.25) is 11.8 Å². The first kappa shape index (κ1) is 14.5. The highest BCUT2D eigenvalue weighted by atomic mass is 16.5. The zero-order chi connectivity index (χ0) is 14.8. The van der Waals surface area contributed by atoms with Crippen molar-refractivity contribution in [2.45, 2.75) is 43.6 Å². The third kappa shape index (κ3) is 3.24. The van der Waals surface area contributed by atoms with Gasteiger partial charge in [0.1, 0.15) is 6.04 Å². The molecule has 0 spiro atoms. The van der Waals surface area contributed by atoms with Gasteiger partial charge in [0, 0.05) is 32.0 Å². The van der Waals surface area contributed by atoms with Crippen LogP contribution < -0.4 is 5.73 Å². The molecule has 2 aliphatic rings. The first-order valence-corrected chi connectivity index (χ1v) is 7.56. The minimum atomic E-state index is -0.596. The molecular formula is C14H22N4O3. The van der Waals surface area contributed by atoms with E-state index >= 15 is 0 Å². The van der Waals surface area contributed by atoms with Crippen molar-refractivity contribution in [1.29, 1.82) is 0 Å². The average Bonchev–Trinajstić information content (AvgIpc) is 3.24. The topological polar surface area (TPSA) is 94.5 Å². The summed E-state index contributed by atoms with van der Waals surface area (Å²) in [7, 11) is 1.55. The van der Waals surface area contributed by atoms with Gasteiger partial charge < -0.3 is 19.9 Å². The predicted molar refractivity (Wildman–Crippen MR) is 74.7 cm³/mol. The molecule has 21 heavy (non-hydrogen) atoms. The molecule has 0 aromatic carbocycles. The van der Waals surface area contributed by atoms with Crippen molar-refractivity contribution >= 4 is 5.91 Å². The number of ether oxygens (including phenoxy) is 1. The Kier molecular flexibility index (Phi) is 4.21. The zero-order valence-corrected chi connectivity index (χ0v) is 12.3. The Morgan fingerprint density at radius 1 is 1.48 bits per heavy atom. The summed E-state index contributed by atoms with van der Waals surface area (Å²) in [6.45, 7) is 1.59. The minimum absolute atomic E-state index is 0.0625. The maximum atomic E-state index is 12.2. The number of nitrogens with two attached hydrogens (primary N) is 1. The normalized spacial score (nSPS) is 24.1. The van der Waals surface area contributed by atoms with Crippen LogP contribution in [-0.2, 0) is 9.53 Å². The third-order valence-corrected chi connectivity index (χ3v) is 4.15. The molecule has 2 unspecified atom stereocenters. The largest absolute Gasteiger partial charge is 0.383 e. The van der Waals surface area contributed by atoms with Crippen molar-refractivity contribution in [3.05, 3.63) is 11.7 Å². The molecule has 1 aromatic rings. The highest BCUT2D eigenvalue weighted by Crippen LogP contribution is 2.39. The second-order valence-corrected chi connectivity index (χ2v) is 5.95. The van der Waals surface area contributed by atoms with Gasteiger partial charge >= 0.3 is 0 Å². The zero-order valence-electron chi connectivity index (χ0n) is 12.3. The maximum absolute atomic E-state index is 12.2. The number of hydrogen-bond donors (Lipinski definition) is 1. The van der Waals surface area contributed by atoms with Gasteiger partial charge in [0.25, 0.3) is 0 Å². The summed E-state index contributed by atoms with van der Waals surface area (Å²) >= 11 is 0. The predicted octanol–water partition coefficient (Wildman–Crippen LogP) is 0.627. The molecule has 0 radical (unpaired) electrons. The molecule has 7 nitrogen and oxygen atoms in total. The van der Waals surface area contributed by atoms with Crippen molar-refractivity contribution in [2.24, 2.45) is 5.73 Å². The molecule has 116 valence electrons. The second-order valence-electron chi connectivity index (χ2n) is 5.95. The maximum Gasteiger partial charge on any atom is 0.241 e. The van der Waals surface area contributed by atoms with E-state index in [0.29, 0.717) is 12.5 Å². The Labute approximate surface area is 123 Å². The van der Waals surface area contributed by atoms with Crippen LogP contribution in [-0.4, -0.2) is 53.8 Å². The summed E-state index contributed by atoms with van der Waals surface area (Å²) in [5.41, 5.74) is 5.83. The van der Waals surface area contributed by atoms with Crippen molar-refractivity contribution in [3.8, 4) is 0 Å². The van der Waals surface area contributed by atoms with E-state index in [1.165, 1.54) is 0 Å². The molecular weight excluding hydrogens is 272 g/mol. The van der Waals surface area contributed by atoms with Crippen molar-refractivity contribution in [1.82, 2.24) is 15.0 Å². The molecule has 2 atom stereocenters. The van der Waals surface area contributed by atoms with Crippen LogP contribution in [0, 0.1) is 0 Å². The van der Waals surface area contributed by atoms with Gasteiger partial charge in [-0.1, -0.05) is 5.16 Å². The fourth-order valence-corrected chi connectivity index (χ4v) is 2.78. The fraction of sp³-hybridized carbons (Fsp3) is 0.786. The van der Waals surface area contributed by atoms with Crippen molar-refractivity contribution in [2.75, 3.05) is 26.8 Å². The van der Waals surface area contributed by atoms with Gasteiger partial charge in [-0.25, -0.2) is 0 Å². The van der Waals surface area contributed by atoms with E-state index in [-0.39, 0.29) is 18.4 Å². The Hall–Kier alpha value is -1.47. The van der Waals surface area contributed by atoms with Crippen LogP contribution in [0.3, 0.4) is 0 Å². The third-order valence-electron chi connectivity index (χ3n) is 4.15. The summed E-state index contributed by atoms with van der Waals surface area (Å²) in [6, 6.07) is -0.596. The van der Waals surface area contributed by atoms with E-state index in [2.05, 4.69) is 10.1 Å². The summed E-state index contributed by atoms with van der Waals surface area (Å²) in [5.74, 6) is 2.03. The summed E-state index contributed by atoms with van der Waals surface area (Å²) in [6.07, 6.45) is 4.20. The van der Waals surface area contributed by atoms with Gasteiger partial charge in [-0.3, -0.25) is 4.79 Å². The van der Waals surface area contributed by atoms with Gasteiger partial charge in [0.05, 0.1) is 6.61 Å². The smallest absolute Gasteiger partial charge is 0.241 e. The van der Waals surface area contributed by atoms with Crippen LogP contribution in [0.25, 0.3) is 0 Å². The molecule has 1 saturated carbocycles. The van der Waals surface area contributed by atoms with E-state index < -0.39 is 6.04 Å². The molecule has 2 N–H and O–H groups in total. The van der Waals surface area contributed by atoms with Crippen molar-refractivity contribution in [3.63, 3.8) is 0 Å². The standard InChI is InChI=1S/C14H22N4O3/c1-20-8-11(15)14(19)18-6-2-3-10(7-18)12-16-13(21-17-12)9-4-5-9/h9-11H,2-8,15H2,1H3. The van der Waals surface area contributed by atoms with Gasteiger partial charge in [0.15, 0.2) is 5.82 Å². The molecule has 1 aromatic heterocycles. The number of rotatable bonds is 5. The van der Waals surface area contributed by atoms with Crippen LogP contribution in [0.2, 0.25) is 0 Å². The number of piperidine rings is 1. The first-order valence-electron chi connectivity index (χ1n) is 7.56. The lowest BCUT2D eigenvalue weighted by Gasteiger charge is -2.32. The van der Waals surface area contributed by atoms with E-state index in [1.54, 1.807) is 12.0 Å². The van der Waals surface area contributed by atoms with Crippen LogP contribution in [0.4, 0.5) is 0 Å². The van der Waals surface area contributed by atoms with E-state index in [1.807, 2.05) is 0 Å². The van der Waals surface area contributed by atoms with E-state index in [4.69, 9.17) is 15.0 Å². The Balaban J connectivity index is 1.63. The minimum Gasteiger partial charge on any atom is -0.383 e. The molecule has 1 aliphatic carbocycles. The van der Waals surface area contributed by atoms with Crippen LogP contribution >= 0.6 is 0 Å². The summed E-state index contributed by atoms with van der Waals surface area (Å²) in [4.78, 5) is 18.5. The number of likely N-dealkylation sites (tertiary alicyclic amines) is 1. The van der Waals surface area contributed by atoms with Gasteiger partial charge in [-0.2, -0.15) is 4.98 Å². The number of methoxy groups -OCH3 is 1. The summed E-state index contributed by atoms with van der Waals surface area (Å²) in [5, 5.41) is 4.10. The molecule has 3 rings (SSSR count). The van der Waals surface area contributed by atoms with E-state index in [9.17, 15) is 4.79 Å². The Bertz CT molecular complexity index is 500. The molecule has 0 bridgehead atoms. The number of aromatic nitrogens is 2. The molecule has 1 aliphatic heterocycles. The van der Waals surface area contributed by atoms with Crippen LogP contribution in [0.1, 0.15) is 49.2 Å². The monoisotopic (exact) mass is 294 g/mol. The highest BCUT2D eigenvalue weighted by Gasteiger charge is 2.33. The Morgan fingerprint density at radius 2 is 2.29 bits per heavy atom. The van der Waals surface area contributed by atoms with Crippen molar-refractivity contribution < 1.29 is 14.1 Å². The number of nitrogens with zero attached hydrogens (tertiary/aromatic N) is 3. The van der Waals surface area contributed by atoms with Gasteiger partial charge in [-0.05, 0) is 25.7 Å². The molecule has 1 amide bonds. The molecule has 1 saturated heterocycles. The van der Waals surface area contributed by atoms with Crippen LogP contribution in [0.5, 0.6) is 0 Å². The van der Waals surface area contributed by atoms with Gasteiger partial charge in [-0.15, -0.1) is 0 Å². The first-order chi connectivity index (χ1) is 10.2. The molecule has 7 heteroatoms. The SMILES string of the molecule is COCC(N)C(=O)N1CCCC(c2noc(C3CC3)n2)C1. The number of carbonyl (C=O) groups excluding carboxylic acids is 1. The average molecular weight is 294 g/mol. The Morgan fingerprint density at radius 3 is 3.00 bits per heavy atom. The summed E-state index contributed by atoms with van der Waals surface area (Å²) < 4.78 is 10.3. The number of carbonyl (C=O) groups is 1. The lowest BCUT2D eigenvalue weighted by molar-refractivity contribution is -0.135. The van der Waals surface area contributed by atoms with E-state index in [0.717, 1.165) is 43.9 Å².